The van der Waals surface area contributed by atoms with E-state index in [1.165, 1.54) is 0 Å². The van der Waals surface area contributed by atoms with Gasteiger partial charge in [-0.3, -0.25) is 0 Å². The molecule has 0 aromatic rings. The van der Waals surface area contributed by atoms with Crippen LogP contribution < -0.4 is 0 Å². The van der Waals surface area contributed by atoms with Crippen molar-refractivity contribution < 1.29 is 55.3 Å². The van der Waals surface area contributed by atoms with E-state index in [2.05, 4.69) is 50.0 Å². The van der Waals surface area contributed by atoms with Crippen LogP contribution in [-0.2, 0) is 50.0 Å². The van der Waals surface area contributed by atoms with Crippen LogP contribution in [0.15, 0.2) is 0 Å². The van der Waals surface area contributed by atoms with Crippen LogP contribution in [0.25, 0.3) is 0 Å². The standard InChI is InChI=1S/H3O11P/c1-2-3-4-5-6-7-8-9-10-11-12/h1H,12H2. The zero-order chi connectivity index (χ0) is 9.07. The van der Waals surface area contributed by atoms with Gasteiger partial charge in [-0.25, -0.2) is 5.26 Å². The van der Waals surface area contributed by atoms with Crippen LogP contribution >= 0.6 is 9.47 Å². The minimum Gasteiger partial charge on any atom is -0.219 e. The van der Waals surface area contributed by atoms with Gasteiger partial charge < -0.3 is 0 Å². The summed E-state index contributed by atoms with van der Waals surface area (Å²) in [5, 5.41) is 37.9. The first-order valence-electron chi connectivity index (χ1n) is 1.92. The molecule has 0 radical (unpaired) electrons. The van der Waals surface area contributed by atoms with Gasteiger partial charge in [-0.15, -0.1) is 0 Å². The van der Waals surface area contributed by atoms with E-state index in [9.17, 15) is 0 Å². The van der Waals surface area contributed by atoms with E-state index >= 15 is 0 Å². The smallest absolute Gasteiger partial charge is 0.0457 e. The monoisotopic (exact) mass is 210 g/mol. The maximum Gasteiger partial charge on any atom is 0.0457 e. The minimum absolute atomic E-state index is 1.66. The van der Waals surface area contributed by atoms with Crippen LogP contribution in [0.2, 0.25) is 0 Å². The number of rotatable bonds is 9. The third kappa shape index (κ3) is 9.99. The second kappa shape index (κ2) is 11.0. The van der Waals surface area contributed by atoms with Crippen molar-refractivity contribution in [3.05, 3.63) is 0 Å². The fourth-order valence-corrected chi connectivity index (χ4v) is 0.129. The van der Waals surface area contributed by atoms with Crippen LogP contribution in [0, 0.1) is 0 Å². The third-order valence-electron chi connectivity index (χ3n) is 0.264. The first-order chi connectivity index (χ1) is 5.91. The van der Waals surface area contributed by atoms with Crippen molar-refractivity contribution in [3.63, 3.8) is 0 Å². The second-order valence-electron chi connectivity index (χ2n) is 0.715. The first-order valence-corrected chi connectivity index (χ1v) is 2.39. The molecule has 11 nitrogen and oxygen atoms in total. The third-order valence-corrected chi connectivity index (χ3v) is 0.343. The topological polar surface area (TPSA) is 113 Å². The molecule has 1 unspecified atom stereocenters. The summed E-state index contributed by atoms with van der Waals surface area (Å²) in [4.78, 5) is 0. The molecule has 0 aromatic heterocycles. The summed E-state index contributed by atoms with van der Waals surface area (Å²) >= 11 is 0. The first kappa shape index (κ1) is 12.0. The molecule has 0 aromatic carbocycles. The molecule has 0 fully saturated rings. The van der Waals surface area contributed by atoms with Crippen molar-refractivity contribution in [1.82, 2.24) is 0 Å². The summed E-state index contributed by atoms with van der Waals surface area (Å²) in [7, 11) is 1.66. The average molecular weight is 210 g/mol. The molecule has 0 aliphatic heterocycles. The van der Waals surface area contributed by atoms with E-state index in [-0.39, 0.29) is 0 Å². The van der Waals surface area contributed by atoms with Crippen molar-refractivity contribution >= 4 is 9.47 Å². The van der Waals surface area contributed by atoms with Crippen molar-refractivity contribution in [2.24, 2.45) is 0 Å². The highest BCUT2D eigenvalue weighted by atomic mass is 31.0. The van der Waals surface area contributed by atoms with Crippen LogP contribution in [0.4, 0.5) is 0 Å². The van der Waals surface area contributed by atoms with E-state index < -0.39 is 0 Å². The van der Waals surface area contributed by atoms with Gasteiger partial charge in [0.1, 0.15) is 0 Å². The van der Waals surface area contributed by atoms with Gasteiger partial charge in [-0.05, 0) is 45.3 Å². The van der Waals surface area contributed by atoms with Crippen LogP contribution in [-0.4, -0.2) is 5.26 Å². The van der Waals surface area contributed by atoms with Crippen LogP contribution in [0.3, 0.4) is 0 Å². The quantitative estimate of drug-likeness (QED) is 0.233. The van der Waals surface area contributed by atoms with Crippen LogP contribution in [0.1, 0.15) is 0 Å². The van der Waals surface area contributed by atoms with Gasteiger partial charge in [-0.2, -0.15) is 4.67 Å². The summed E-state index contributed by atoms with van der Waals surface area (Å²) in [6, 6.07) is 0. The Morgan fingerprint density at radius 2 is 1.08 bits per heavy atom. The van der Waals surface area contributed by atoms with Gasteiger partial charge >= 0.3 is 0 Å². The molecular formula is H3O11P. The van der Waals surface area contributed by atoms with Gasteiger partial charge in [0.25, 0.3) is 0 Å². The molecule has 0 saturated carbocycles. The summed E-state index contributed by atoms with van der Waals surface area (Å²) in [5.41, 5.74) is 0. The Balaban J connectivity index is 2.73. The maximum absolute atomic E-state index is 7.42. The predicted molar refractivity (Wildman–Crippen MR) is 23.2 cm³/mol. The van der Waals surface area contributed by atoms with E-state index in [4.69, 9.17) is 5.26 Å². The highest BCUT2D eigenvalue weighted by Crippen LogP contribution is 1.91. The lowest BCUT2D eigenvalue weighted by Crippen LogP contribution is -2.01. The largest absolute Gasteiger partial charge is 0.219 e. The van der Waals surface area contributed by atoms with Crippen LogP contribution in [0.5, 0.6) is 0 Å². The summed E-state index contributed by atoms with van der Waals surface area (Å²) in [5.74, 6) is 0. The molecule has 0 aliphatic rings. The molecular weight excluding hydrogens is 207 g/mol. The fourth-order valence-electron chi connectivity index (χ4n) is 0.0965. The van der Waals surface area contributed by atoms with Gasteiger partial charge in [0.05, 0.1) is 0 Å². The maximum atomic E-state index is 7.42. The molecule has 1 atom stereocenters. The lowest BCUT2D eigenvalue weighted by molar-refractivity contribution is -0.851. The zero-order valence-corrected chi connectivity index (χ0v) is 6.26. The highest BCUT2D eigenvalue weighted by Gasteiger charge is 1.94. The molecule has 0 spiro atoms. The van der Waals surface area contributed by atoms with E-state index in [1.54, 1.807) is 9.47 Å². The Kier molecular flexibility index (Phi) is 11.0. The molecule has 12 heteroatoms. The van der Waals surface area contributed by atoms with Gasteiger partial charge in [0, 0.05) is 9.47 Å². The molecule has 0 rings (SSSR count). The average Bonchev–Trinajstić information content (AvgIpc) is 2.10. The van der Waals surface area contributed by atoms with E-state index in [0.717, 1.165) is 0 Å². The molecule has 0 aliphatic carbocycles. The lowest BCUT2D eigenvalue weighted by atomic mass is 14.1. The predicted octanol–water partition coefficient (Wildman–Crippen LogP) is -0.350. The number of hydrogen-bond acceptors (Lipinski definition) is 11. The molecule has 0 bridgehead atoms. The van der Waals surface area contributed by atoms with Crippen molar-refractivity contribution in [1.29, 1.82) is 0 Å². The highest BCUT2D eigenvalue weighted by molar-refractivity contribution is 7.09. The number of hydrogen-bond donors (Lipinski definition) is 1. The minimum atomic E-state index is 1.66. The Morgan fingerprint density at radius 1 is 0.667 bits per heavy atom. The molecule has 0 heterocycles. The van der Waals surface area contributed by atoms with E-state index in [0.29, 0.717) is 0 Å². The summed E-state index contributed by atoms with van der Waals surface area (Å²) in [6.07, 6.45) is 0. The normalized spacial score (nSPS) is 10.5. The van der Waals surface area contributed by atoms with Crippen molar-refractivity contribution in [2.45, 2.75) is 0 Å². The fraction of sp³-hybridized carbons (Fsp3) is 0. The summed E-state index contributed by atoms with van der Waals surface area (Å²) in [6.45, 7) is 0. The Bertz CT molecular complexity index is 61.4. The van der Waals surface area contributed by atoms with Crippen molar-refractivity contribution in [3.8, 4) is 0 Å². The Morgan fingerprint density at radius 3 is 1.50 bits per heavy atom. The van der Waals surface area contributed by atoms with Gasteiger partial charge in [0.15, 0.2) is 0 Å². The summed E-state index contributed by atoms with van der Waals surface area (Å²) < 4.78 is 3.77. The van der Waals surface area contributed by atoms with E-state index in [1.807, 2.05) is 0 Å². The van der Waals surface area contributed by atoms with Gasteiger partial charge in [-0.1, -0.05) is 0 Å². The van der Waals surface area contributed by atoms with Gasteiger partial charge in [0.2, 0.25) is 0 Å². The zero-order valence-electron chi connectivity index (χ0n) is 5.11. The van der Waals surface area contributed by atoms with Crippen molar-refractivity contribution in [2.75, 3.05) is 0 Å². The molecule has 0 amide bonds. The SMILES string of the molecule is OOOOOOOOOOOP. The molecule has 12 heavy (non-hydrogen) atoms. The molecule has 74 valence electrons. The second-order valence-corrected chi connectivity index (χ2v) is 0.908. The molecule has 1 N–H and O–H groups in total. The Labute approximate surface area is 66.0 Å². The molecule has 0 saturated heterocycles. The Hall–Kier alpha value is -0.01000. The lowest BCUT2D eigenvalue weighted by Gasteiger charge is -1.95.